The smallest absolute Gasteiger partial charge is 0.258 e. The van der Waals surface area contributed by atoms with Crippen LogP contribution in [0.5, 0.6) is 0 Å². The van der Waals surface area contributed by atoms with Crippen molar-refractivity contribution in [3.8, 4) is 0 Å². The van der Waals surface area contributed by atoms with Gasteiger partial charge in [-0.3, -0.25) is 4.79 Å². The standard InChI is InChI=1S/C11H9BrN4O/c12-9-3-8(13)1-2-10(9)16-11(17)7-4-14-6-15-5-7/h1-6H,13H2,(H,16,17). The van der Waals surface area contributed by atoms with Crippen LogP contribution in [0.15, 0.2) is 41.4 Å². The summed E-state index contributed by atoms with van der Waals surface area (Å²) in [6, 6.07) is 5.15. The summed E-state index contributed by atoms with van der Waals surface area (Å²) in [5.41, 5.74) is 7.28. The third kappa shape index (κ3) is 2.79. The molecule has 1 heterocycles. The summed E-state index contributed by atoms with van der Waals surface area (Å²) in [6.45, 7) is 0. The number of hydrogen-bond acceptors (Lipinski definition) is 4. The van der Waals surface area contributed by atoms with E-state index in [-0.39, 0.29) is 5.91 Å². The lowest BCUT2D eigenvalue weighted by atomic mass is 10.2. The Morgan fingerprint density at radius 3 is 2.65 bits per heavy atom. The summed E-state index contributed by atoms with van der Waals surface area (Å²) in [6.07, 6.45) is 4.27. The van der Waals surface area contributed by atoms with Crippen molar-refractivity contribution in [2.45, 2.75) is 0 Å². The molecule has 0 bridgehead atoms. The number of nitrogen functional groups attached to an aromatic ring is 1. The van der Waals surface area contributed by atoms with E-state index in [4.69, 9.17) is 5.73 Å². The van der Waals surface area contributed by atoms with E-state index in [1.807, 2.05) is 0 Å². The van der Waals surface area contributed by atoms with E-state index in [2.05, 4.69) is 31.2 Å². The van der Waals surface area contributed by atoms with Crippen molar-refractivity contribution in [2.24, 2.45) is 0 Å². The molecule has 0 saturated heterocycles. The van der Waals surface area contributed by atoms with Crippen LogP contribution in [0.2, 0.25) is 0 Å². The Hall–Kier alpha value is -1.95. The first-order chi connectivity index (χ1) is 8.16. The number of nitrogens with zero attached hydrogens (tertiary/aromatic N) is 2. The van der Waals surface area contributed by atoms with Crippen molar-refractivity contribution in [2.75, 3.05) is 11.1 Å². The predicted octanol–water partition coefficient (Wildman–Crippen LogP) is 2.07. The number of carbonyl (C=O) groups is 1. The van der Waals surface area contributed by atoms with Crippen molar-refractivity contribution < 1.29 is 4.79 Å². The molecule has 3 N–H and O–H groups in total. The second-order valence-electron chi connectivity index (χ2n) is 3.32. The number of halogens is 1. The summed E-state index contributed by atoms with van der Waals surface area (Å²) in [4.78, 5) is 19.4. The topological polar surface area (TPSA) is 80.9 Å². The van der Waals surface area contributed by atoms with Crippen LogP contribution in [-0.4, -0.2) is 15.9 Å². The molecule has 0 aliphatic carbocycles. The molecule has 0 aliphatic rings. The first-order valence-corrected chi connectivity index (χ1v) is 5.57. The highest BCUT2D eigenvalue weighted by Crippen LogP contribution is 2.24. The van der Waals surface area contributed by atoms with Crippen molar-refractivity contribution in [1.82, 2.24) is 9.97 Å². The largest absolute Gasteiger partial charge is 0.399 e. The number of amides is 1. The fourth-order valence-electron chi connectivity index (χ4n) is 1.24. The van der Waals surface area contributed by atoms with Gasteiger partial charge in [0.25, 0.3) is 5.91 Å². The minimum absolute atomic E-state index is 0.268. The average Bonchev–Trinajstić information content (AvgIpc) is 2.34. The number of nitrogens with two attached hydrogens (primary N) is 1. The van der Waals surface area contributed by atoms with E-state index < -0.39 is 0 Å². The number of benzene rings is 1. The lowest BCUT2D eigenvalue weighted by Gasteiger charge is -2.07. The monoisotopic (exact) mass is 292 g/mol. The third-order valence-corrected chi connectivity index (χ3v) is 2.72. The van der Waals surface area contributed by atoms with Gasteiger partial charge in [-0.25, -0.2) is 9.97 Å². The maximum absolute atomic E-state index is 11.8. The van der Waals surface area contributed by atoms with E-state index in [0.29, 0.717) is 16.9 Å². The lowest BCUT2D eigenvalue weighted by molar-refractivity contribution is 0.102. The van der Waals surface area contributed by atoms with Gasteiger partial charge in [0.15, 0.2) is 0 Å². The molecule has 5 nitrogen and oxygen atoms in total. The molecule has 2 aromatic rings. The predicted molar refractivity (Wildman–Crippen MR) is 68.5 cm³/mol. The van der Waals surface area contributed by atoms with Crippen LogP contribution in [0.1, 0.15) is 10.4 Å². The summed E-state index contributed by atoms with van der Waals surface area (Å²) in [5.74, 6) is -0.268. The molecule has 0 fully saturated rings. The van der Waals surface area contributed by atoms with Crippen LogP contribution in [0.4, 0.5) is 11.4 Å². The Morgan fingerprint density at radius 1 is 1.29 bits per heavy atom. The Bertz CT molecular complexity index is 544. The van der Waals surface area contributed by atoms with Gasteiger partial charge in [0, 0.05) is 22.6 Å². The fourth-order valence-corrected chi connectivity index (χ4v) is 1.74. The van der Waals surface area contributed by atoms with Crippen molar-refractivity contribution >= 4 is 33.2 Å². The normalized spacial score (nSPS) is 9.94. The van der Waals surface area contributed by atoms with Gasteiger partial charge in [-0.05, 0) is 34.1 Å². The highest BCUT2D eigenvalue weighted by Gasteiger charge is 2.08. The van der Waals surface area contributed by atoms with E-state index >= 15 is 0 Å². The number of aromatic nitrogens is 2. The molecule has 0 saturated carbocycles. The molecule has 0 radical (unpaired) electrons. The Kier molecular flexibility index (Phi) is 3.34. The molecular weight excluding hydrogens is 284 g/mol. The first kappa shape index (κ1) is 11.5. The highest BCUT2D eigenvalue weighted by atomic mass is 79.9. The first-order valence-electron chi connectivity index (χ1n) is 4.78. The van der Waals surface area contributed by atoms with Crippen molar-refractivity contribution in [3.05, 3.63) is 47.0 Å². The molecule has 17 heavy (non-hydrogen) atoms. The fraction of sp³-hybridized carbons (Fsp3) is 0. The van der Waals surface area contributed by atoms with Crippen LogP contribution in [0.25, 0.3) is 0 Å². The van der Waals surface area contributed by atoms with Crippen molar-refractivity contribution in [1.29, 1.82) is 0 Å². The van der Waals surface area contributed by atoms with Crippen LogP contribution in [-0.2, 0) is 0 Å². The van der Waals surface area contributed by atoms with Gasteiger partial charge >= 0.3 is 0 Å². The van der Waals surface area contributed by atoms with Gasteiger partial charge in [-0.15, -0.1) is 0 Å². The van der Waals surface area contributed by atoms with E-state index in [1.54, 1.807) is 18.2 Å². The van der Waals surface area contributed by atoms with E-state index in [0.717, 1.165) is 4.47 Å². The summed E-state index contributed by atoms with van der Waals surface area (Å²) in [5, 5.41) is 2.73. The minimum Gasteiger partial charge on any atom is -0.399 e. The maximum atomic E-state index is 11.8. The molecule has 0 aliphatic heterocycles. The van der Waals surface area contributed by atoms with Crippen LogP contribution < -0.4 is 11.1 Å². The quantitative estimate of drug-likeness (QED) is 0.831. The zero-order valence-electron chi connectivity index (χ0n) is 8.72. The second kappa shape index (κ2) is 4.92. The van der Waals surface area contributed by atoms with Gasteiger partial charge in [-0.2, -0.15) is 0 Å². The SMILES string of the molecule is Nc1ccc(NC(=O)c2cncnc2)c(Br)c1. The van der Waals surface area contributed by atoms with Crippen LogP contribution >= 0.6 is 15.9 Å². The average molecular weight is 293 g/mol. The number of anilines is 2. The van der Waals surface area contributed by atoms with Gasteiger partial charge in [0.2, 0.25) is 0 Å². The van der Waals surface area contributed by atoms with Crippen molar-refractivity contribution in [3.63, 3.8) is 0 Å². The van der Waals surface area contributed by atoms with E-state index in [9.17, 15) is 4.79 Å². The zero-order chi connectivity index (χ0) is 12.3. The summed E-state index contributed by atoms with van der Waals surface area (Å²) < 4.78 is 0.725. The Morgan fingerprint density at radius 2 is 2.00 bits per heavy atom. The number of carbonyl (C=O) groups excluding carboxylic acids is 1. The van der Waals surface area contributed by atoms with E-state index in [1.165, 1.54) is 18.7 Å². The summed E-state index contributed by atoms with van der Waals surface area (Å²) >= 11 is 3.32. The minimum atomic E-state index is -0.268. The molecule has 0 unspecified atom stereocenters. The van der Waals surface area contributed by atoms with Gasteiger partial charge in [0.1, 0.15) is 6.33 Å². The molecule has 2 rings (SSSR count). The molecule has 1 aromatic carbocycles. The second-order valence-corrected chi connectivity index (χ2v) is 4.17. The Balaban J connectivity index is 2.19. The molecule has 86 valence electrons. The molecule has 0 spiro atoms. The molecule has 0 atom stereocenters. The lowest BCUT2D eigenvalue weighted by Crippen LogP contribution is -2.12. The number of nitrogens with one attached hydrogen (secondary N) is 1. The summed E-state index contributed by atoms with van der Waals surface area (Å²) in [7, 11) is 0. The molecule has 6 heteroatoms. The van der Waals surface area contributed by atoms with Crippen LogP contribution in [0, 0.1) is 0 Å². The number of hydrogen-bond donors (Lipinski definition) is 2. The molecular formula is C11H9BrN4O. The highest BCUT2D eigenvalue weighted by molar-refractivity contribution is 9.10. The molecule has 1 aromatic heterocycles. The molecule has 1 amide bonds. The Labute approximate surface area is 106 Å². The van der Waals surface area contributed by atoms with Crippen LogP contribution in [0.3, 0.4) is 0 Å². The van der Waals surface area contributed by atoms with Gasteiger partial charge < -0.3 is 11.1 Å². The van der Waals surface area contributed by atoms with Gasteiger partial charge in [-0.1, -0.05) is 0 Å². The van der Waals surface area contributed by atoms with Gasteiger partial charge in [0.05, 0.1) is 11.3 Å². The maximum Gasteiger partial charge on any atom is 0.258 e. The number of rotatable bonds is 2. The zero-order valence-corrected chi connectivity index (χ0v) is 10.3. The third-order valence-electron chi connectivity index (χ3n) is 2.06.